The molecule has 0 spiro atoms. The van der Waals surface area contributed by atoms with Crippen molar-refractivity contribution in [2.24, 2.45) is 0 Å². The fourth-order valence-corrected chi connectivity index (χ4v) is 31.7. The molecule has 0 fully saturated rings. The number of halogens is 2. The fourth-order valence-electron chi connectivity index (χ4n) is 7.82. The summed E-state index contributed by atoms with van der Waals surface area (Å²) >= 11 is -4.12. The average molecular weight is 975 g/mol. The summed E-state index contributed by atoms with van der Waals surface area (Å²) in [6, 6.07) is 36.3. The molecule has 4 aliphatic carbocycles. The number of fused-ring (bicyclic) bond motifs is 6. The molecule has 0 nitrogen and oxygen atoms in total. The summed E-state index contributed by atoms with van der Waals surface area (Å²) < 4.78 is 8.32. The first-order chi connectivity index (χ1) is 21.5. The van der Waals surface area contributed by atoms with E-state index in [0.717, 1.165) is 0 Å². The van der Waals surface area contributed by atoms with E-state index in [-0.39, 0.29) is 24.8 Å². The molecule has 0 heterocycles. The van der Waals surface area contributed by atoms with E-state index in [0.29, 0.717) is 7.35 Å². The Morgan fingerprint density at radius 2 is 0.739 bits per heavy atom. The van der Waals surface area contributed by atoms with Gasteiger partial charge in [0.25, 0.3) is 0 Å². The summed E-state index contributed by atoms with van der Waals surface area (Å²) in [5.74, 6) is 0. The minimum Gasteiger partial charge on any atom is -0.147 e. The third-order valence-electron chi connectivity index (χ3n) is 9.56. The van der Waals surface area contributed by atoms with Gasteiger partial charge in [-0.05, 0) is 0 Å². The molecule has 0 N–H and O–H groups in total. The molecular formula is C42H42Cl2Hf2. The Labute approximate surface area is 302 Å². The second-order valence-electron chi connectivity index (χ2n) is 12.7. The molecule has 0 atom stereocenters. The Bertz CT molecular complexity index is 1730. The minimum atomic E-state index is -2.06. The van der Waals surface area contributed by atoms with Gasteiger partial charge in [-0.3, -0.25) is 0 Å². The first-order valence-corrected chi connectivity index (χ1v) is 27.3. The number of benzene rings is 4. The Kier molecular flexibility index (Phi) is 11.8. The van der Waals surface area contributed by atoms with Crippen molar-refractivity contribution in [3.63, 3.8) is 0 Å². The molecule has 0 aliphatic heterocycles. The molecule has 46 heavy (non-hydrogen) atoms. The van der Waals surface area contributed by atoms with Crippen LogP contribution >= 0.6 is 24.8 Å². The largest absolute Gasteiger partial charge is 0.147 e. The second-order valence-corrected chi connectivity index (χ2v) is 34.6. The van der Waals surface area contributed by atoms with Crippen LogP contribution in [0.3, 0.4) is 0 Å². The van der Waals surface area contributed by atoms with E-state index in [2.05, 4.69) is 161 Å². The van der Waals surface area contributed by atoms with E-state index in [9.17, 15) is 0 Å². The average Bonchev–Trinajstić information content (AvgIpc) is 3.86. The van der Waals surface area contributed by atoms with Crippen molar-refractivity contribution in [1.29, 1.82) is 0 Å². The monoisotopic (exact) mass is 976 g/mol. The van der Waals surface area contributed by atoms with Crippen LogP contribution in [0.1, 0.15) is 70.1 Å². The molecule has 0 saturated heterocycles. The zero-order chi connectivity index (χ0) is 30.2. The van der Waals surface area contributed by atoms with Crippen molar-refractivity contribution >= 4 is 31.3 Å². The van der Waals surface area contributed by atoms with Gasteiger partial charge >= 0.3 is 281 Å². The molecular weight excluding hydrogens is 932 g/mol. The van der Waals surface area contributed by atoms with E-state index in [1.54, 1.807) is 35.4 Å². The van der Waals surface area contributed by atoms with Crippen LogP contribution in [0.5, 0.6) is 0 Å². The topological polar surface area (TPSA) is 0 Å². The van der Waals surface area contributed by atoms with Crippen LogP contribution in [0.4, 0.5) is 0 Å². The quantitative estimate of drug-likeness (QED) is 0.179. The number of rotatable bonds is 4. The summed E-state index contributed by atoms with van der Waals surface area (Å²) in [5.41, 5.74) is 12.2. The smallest absolute Gasteiger partial charge is 0.147 e. The second kappa shape index (κ2) is 15.4. The molecule has 0 saturated carbocycles. The van der Waals surface area contributed by atoms with Crippen molar-refractivity contribution in [2.45, 2.75) is 47.9 Å². The molecule has 0 bridgehead atoms. The van der Waals surface area contributed by atoms with Crippen molar-refractivity contribution in [2.75, 3.05) is 0 Å². The molecule has 0 amide bonds. The Morgan fingerprint density at radius 1 is 0.457 bits per heavy atom. The van der Waals surface area contributed by atoms with Crippen molar-refractivity contribution in [1.82, 2.24) is 0 Å². The first kappa shape index (κ1) is 35.2. The molecule has 4 aromatic carbocycles. The maximum atomic E-state index is 2.42. The molecule has 8 rings (SSSR count). The van der Waals surface area contributed by atoms with Crippen LogP contribution in [-0.4, -0.2) is 6.51 Å². The minimum absolute atomic E-state index is 0. The van der Waals surface area contributed by atoms with Gasteiger partial charge in [0.05, 0.1) is 0 Å². The summed E-state index contributed by atoms with van der Waals surface area (Å²) in [6.45, 7) is 9.52. The van der Waals surface area contributed by atoms with Crippen LogP contribution in [0, 0.1) is 0 Å². The zero-order valence-electron chi connectivity index (χ0n) is 27.1. The molecule has 232 valence electrons. The summed E-state index contributed by atoms with van der Waals surface area (Å²) in [7, 11) is 0. The molecule has 0 aromatic heterocycles. The van der Waals surface area contributed by atoms with Gasteiger partial charge in [-0.15, -0.1) is 24.8 Å². The molecule has 4 heteroatoms. The normalized spacial score (nSPS) is 14.8. The Morgan fingerprint density at radius 3 is 0.978 bits per heavy atom. The fraction of sp³-hybridized carbons (Fsp3) is 0.190. The number of hydrogen-bond donors (Lipinski definition) is 0. The Hall–Kier alpha value is -2.10. The van der Waals surface area contributed by atoms with E-state index in [4.69, 9.17) is 0 Å². The standard InChI is InChI=1S/2C13H9.2C5H5.2C3H6.2ClH.2Hf/c2*1-3-7-12-10(5-1)9-11-6-2-4-8-13(11)12;2*1-2-4-5-3-1;2*1-3-2;;;;/h2*1-9H;2*1-3H,4H2;2*1-2H3;2*1H;;. The first-order valence-electron chi connectivity index (χ1n) is 16.0. The predicted octanol–water partition coefficient (Wildman–Crippen LogP) is 11.7. The van der Waals surface area contributed by atoms with Gasteiger partial charge in [-0.25, -0.2) is 0 Å². The van der Waals surface area contributed by atoms with Crippen LogP contribution in [0.15, 0.2) is 140 Å². The maximum Gasteiger partial charge on any atom is -0.147 e. The van der Waals surface area contributed by atoms with E-state index in [1.807, 2.05) is 0 Å². The maximum absolute atomic E-state index is 2.42. The SMILES string of the molecule is C[C](C)=[Hf]([C]1=CC=CC1)[CH]1c2ccccc2-c2ccccc21.C[C](C)=[Hf]([C]1=CC=CC1)[CH]1c2ccccc2-c2ccccc21.Cl.Cl. The van der Waals surface area contributed by atoms with E-state index < -0.39 is 41.9 Å². The van der Waals surface area contributed by atoms with Crippen molar-refractivity contribution in [3.05, 3.63) is 162 Å². The molecule has 4 aromatic rings. The van der Waals surface area contributed by atoms with Gasteiger partial charge in [-0.2, -0.15) is 0 Å². The summed E-state index contributed by atoms with van der Waals surface area (Å²) in [4.78, 5) is 0. The van der Waals surface area contributed by atoms with Crippen molar-refractivity contribution in [3.8, 4) is 22.3 Å². The molecule has 0 radical (unpaired) electrons. The zero-order valence-corrected chi connectivity index (χ0v) is 35.9. The van der Waals surface area contributed by atoms with Crippen LogP contribution in [0.25, 0.3) is 22.3 Å². The van der Waals surface area contributed by atoms with Gasteiger partial charge in [0, 0.05) is 0 Å². The van der Waals surface area contributed by atoms with E-state index >= 15 is 0 Å². The van der Waals surface area contributed by atoms with Gasteiger partial charge in [-0.1, -0.05) is 0 Å². The third kappa shape index (κ3) is 6.49. The predicted molar refractivity (Wildman–Crippen MR) is 198 cm³/mol. The molecule has 0 unspecified atom stereocenters. The van der Waals surface area contributed by atoms with Crippen molar-refractivity contribution < 1.29 is 41.9 Å². The number of allylic oxidation sites excluding steroid dienone is 8. The number of hydrogen-bond acceptors (Lipinski definition) is 0. The van der Waals surface area contributed by atoms with Gasteiger partial charge in [0.15, 0.2) is 0 Å². The summed E-state index contributed by atoms with van der Waals surface area (Å²) in [5, 5.41) is 0. The van der Waals surface area contributed by atoms with Crippen LogP contribution in [0.2, 0.25) is 0 Å². The van der Waals surface area contributed by atoms with Crippen LogP contribution < -0.4 is 0 Å². The molecule has 4 aliphatic rings. The van der Waals surface area contributed by atoms with Gasteiger partial charge in [0.1, 0.15) is 0 Å². The third-order valence-corrected chi connectivity index (χ3v) is 33.6. The van der Waals surface area contributed by atoms with Crippen LogP contribution in [-0.2, 0) is 41.9 Å². The Balaban J connectivity index is 0.000000174. The summed E-state index contributed by atoms with van der Waals surface area (Å²) in [6.07, 6.45) is 16.4. The van der Waals surface area contributed by atoms with E-state index in [1.165, 1.54) is 35.1 Å². The van der Waals surface area contributed by atoms with Gasteiger partial charge < -0.3 is 0 Å². The van der Waals surface area contributed by atoms with Gasteiger partial charge in [0.2, 0.25) is 0 Å².